The lowest BCUT2D eigenvalue weighted by Crippen LogP contribution is -2.47. The van der Waals surface area contributed by atoms with Crippen LogP contribution in [0.5, 0.6) is 0 Å². The van der Waals surface area contributed by atoms with Crippen molar-refractivity contribution in [1.29, 1.82) is 0 Å². The van der Waals surface area contributed by atoms with E-state index in [2.05, 4.69) is 27.7 Å². The number of anilines is 1. The Kier molecular flexibility index (Phi) is 7.97. The number of nitrogens with zero attached hydrogens (tertiary/aromatic N) is 2. The van der Waals surface area contributed by atoms with Crippen LogP contribution in [-0.4, -0.2) is 61.7 Å². The van der Waals surface area contributed by atoms with Gasteiger partial charge < -0.3 is 10.6 Å². The number of rotatable bonds is 6. The third-order valence-electron chi connectivity index (χ3n) is 6.44. The fraction of sp³-hybridized carbons (Fsp3) is 0.440. The summed E-state index contributed by atoms with van der Waals surface area (Å²) in [5, 5.41) is 5.38. The summed E-state index contributed by atoms with van der Waals surface area (Å²) in [6.07, 6.45) is 4.36. The highest BCUT2D eigenvalue weighted by Crippen LogP contribution is 2.22. The first kappa shape index (κ1) is 24.4. The van der Waals surface area contributed by atoms with E-state index in [1.807, 2.05) is 18.2 Å². The van der Waals surface area contributed by atoms with E-state index in [1.165, 1.54) is 34.1 Å². The van der Waals surface area contributed by atoms with Crippen molar-refractivity contribution in [2.45, 2.75) is 49.6 Å². The van der Waals surface area contributed by atoms with Crippen molar-refractivity contribution in [3.8, 4) is 0 Å². The van der Waals surface area contributed by atoms with E-state index >= 15 is 0 Å². The molecule has 0 atom stereocenters. The molecule has 0 aliphatic carbocycles. The predicted octanol–water partition coefficient (Wildman–Crippen LogP) is 2.58. The van der Waals surface area contributed by atoms with Crippen molar-refractivity contribution >= 4 is 27.5 Å². The van der Waals surface area contributed by atoms with Crippen molar-refractivity contribution in [3.63, 3.8) is 0 Å². The van der Waals surface area contributed by atoms with Gasteiger partial charge in [-0.2, -0.15) is 4.31 Å². The lowest BCUT2D eigenvalue weighted by Gasteiger charge is -2.32. The SMILES string of the molecule is O=C(Nc1ccc(S(=O)(=O)N2CCCCC2)cc1)C(=O)NC1CCN(Cc2ccccc2)CC1. The van der Waals surface area contributed by atoms with Crippen LogP contribution < -0.4 is 10.6 Å². The normalized spacial score (nSPS) is 18.4. The Bertz CT molecular complexity index is 1080. The van der Waals surface area contributed by atoms with Crippen molar-refractivity contribution in [3.05, 3.63) is 60.2 Å². The van der Waals surface area contributed by atoms with Crippen LogP contribution in [-0.2, 0) is 26.2 Å². The van der Waals surface area contributed by atoms with Gasteiger partial charge in [-0.1, -0.05) is 36.8 Å². The van der Waals surface area contributed by atoms with Gasteiger partial charge in [-0.25, -0.2) is 8.42 Å². The zero-order valence-electron chi connectivity index (χ0n) is 19.3. The average molecular weight is 485 g/mol. The van der Waals surface area contributed by atoms with E-state index in [4.69, 9.17) is 0 Å². The van der Waals surface area contributed by atoms with Crippen LogP contribution in [0.15, 0.2) is 59.5 Å². The summed E-state index contributed by atoms with van der Waals surface area (Å²) in [5.74, 6) is -1.43. The minimum atomic E-state index is -3.53. The Morgan fingerprint density at radius 3 is 2.12 bits per heavy atom. The number of carbonyl (C=O) groups excluding carboxylic acids is 2. The molecule has 0 radical (unpaired) electrons. The van der Waals surface area contributed by atoms with Crippen LogP contribution in [0.2, 0.25) is 0 Å². The third-order valence-corrected chi connectivity index (χ3v) is 8.36. The number of nitrogens with one attached hydrogen (secondary N) is 2. The first-order valence-electron chi connectivity index (χ1n) is 11.9. The van der Waals surface area contributed by atoms with Crippen LogP contribution in [0.1, 0.15) is 37.7 Å². The molecule has 2 N–H and O–H groups in total. The maximum atomic E-state index is 12.7. The lowest BCUT2D eigenvalue weighted by atomic mass is 10.0. The van der Waals surface area contributed by atoms with Gasteiger partial charge in [0.2, 0.25) is 10.0 Å². The zero-order chi connectivity index (χ0) is 24.0. The van der Waals surface area contributed by atoms with Gasteiger partial charge in [0.25, 0.3) is 0 Å². The second-order valence-corrected chi connectivity index (χ2v) is 10.9. The van der Waals surface area contributed by atoms with Gasteiger partial charge in [0.05, 0.1) is 4.90 Å². The second-order valence-electron chi connectivity index (χ2n) is 8.95. The van der Waals surface area contributed by atoms with Gasteiger partial charge in [-0.15, -0.1) is 0 Å². The summed E-state index contributed by atoms with van der Waals surface area (Å²) in [6, 6.07) is 16.2. The molecular weight excluding hydrogens is 452 g/mol. The summed E-state index contributed by atoms with van der Waals surface area (Å²) >= 11 is 0. The number of piperidine rings is 2. The van der Waals surface area contributed by atoms with Gasteiger partial charge in [-0.05, 0) is 55.5 Å². The molecule has 2 fully saturated rings. The standard InChI is InChI=1S/C25H32N4O4S/c30-24(25(31)27-22-13-17-28(18-14-22)19-20-7-3-1-4-8-20)26-21-9-11-23(12-10-21)34(32,33)29-15-5-2-6-16-29/h1,3-4,7-12,22H,2,5-6,13-19H2,(H,26,30)(H,27,31). The number of carbonyl (C=O) groups is 2. The summed E-state index contributed by atoms with van der Waals surface area (Å²) in [4.78, 5) is 27.3. The molecule has 9 heteroatoms. The summed E-state index contributed by atoms with van der Waals surface area (Å²) < 4.78 is 27.0. The van der Waals surface area contributed by atoms with Crippen molar-refractivity contribution in [1.82, 2.24) is 14.5 Å². The highest BCUT2D eigenvalue weighted by molar-refractivity contribution is 7.89. The fourth-order valence-corrected chi connectivity index (χ4v) is 6.00. The van der Waals surface area contributed by atoms with Gasteiger partial charge in [0, 0.05) is 44.5 Å². The summed E-state index contributed by atoms with van der Waals surface area (Å²) in [6.45, 7) is 3.66. The average Bonchev–Trinajstić information content (AvgIpc) is 2.87. The summed E-state index contributed by atoms with van der Waals surface area (Å²) in [7, 11) is -3.53. The van der Waals surface area contributed by atoms with E-state index in [0.29, 0.717) is 18.8 Å². The first-order valence-corrected chi connectivity index (χ1v) is 13.3. The topological polar surface area (TPSA) is 98.8 Å². The molecule has 0 spiro atoms. The number of amides is 2. The first-order chi connectivity index (χ1) is 16.4. The van der Waals surface area contributed by atoms with Crippen molar-refractivity contribution < 1.29 is 18.0 Å². The van der Waals surface area contributed by atoms with Crippen LogP contribution in [0.25, 0.3) is 0 Å². The summed E-state index contributed by atoms with van der Waals surface area (Å²) in [5.41, 5.74) is 1.65. The van der Waals surface area contributed by atoms with Crippen LogP contribution in [0.4, 0.5) is 5.69 Å². The van der Waals surface area contributed by atoms with Gasteiger partial charge >= 0.3 is 11.8 Å². The maximum Gasteiger partial charge on any atom is 0.313 e. The molecule has 2 amide bonds. The van der Waals surface area contributed by atoms with E-state index in [9.17, 15) is 18.0 Å². The molecule has 2 aromatic carbocycles. The van der Waals surface area contributed by atoms with E-state index in [1.54, 1.807) is 0 Å². The van der Waals surface area contributed by atoms with E-state index in [0.717, 1.165) is 51.7 Å². The number of sulfonamides is 1. The Balaban J connectivity index is 1.24. The number of hydrogen-bond acceptors (Lipinski definition) is 5. The van der Waals surface area contributed by atoms with E-state index in [-0.39, 0.29) is 10.9 Å². The molecule has 8 nitrogen and oxygen atoms in total. The second kappa shape index (κ2) is 11.1. The fourth-order valence-electron chi connectivity index (χ4n) is 4.48. The number of likely N-dealkylation sites (tertiary alicyclic amines) is 1. The van der Waals surface area contributed by atoms with Crippen molar-refractivity contribution in [2.75, 3.05) is 31.5 Å². The van der Waals surface area contributed by atoms with Crippen LogP contribution in [0, 0.1) is 0 Å². The number of hydrogen-bond donors (Lipinski definition) is 2. The molecule has 2 aromatic rings. The monoisotopic (exact) mass is 484 g/mol. The molecule has 4 rings (SSSR count). The van der Waals surface area contributed by atoms with Gasteiger partial charge in [0.1, 0.15) is 0 Å². The van der Waals surface area contributed by atoms with Gasteiger partial charge in [-0.3, -0.25) is 14.5 Å². The van der Waals surface area contributed by atoms with Gasteiger partial charge in [0.15, 0.2) is 0 Å². The Hall–Kier alpha value is -2.75. The highest BCUT2D eigenvalue weighted by Gasteiger charge is 2.26. The van der Waals surface area contributed by atoms with Crippen LogP contribution >= 0.6 is 0 Å². The maximum absolute atomic E-state index is 12.7. The van der Waals surface area contributed by atoms with Crippen LogP contribution in [0.3, 0.4) is 0 Å². The Morgan fingerprint density at radius 2 is 1.47 bits per heavy atom. The lowest BCUT2D eigenvalue weighted by molar-refractivity contribution is -0.136. The predicted molar refractivity (Wildman–Crippen MR) is 131 cm³/mol. The smallest absolute Gasteiger partial charge is 0.313 e. The Morgan fingerprint density at radius 1 is 0.824 bits per heavy atom. The molecular formula is C25H32N4O4S. The molecule has 2 aliphatic rings. The Labute approximate surface area is 201 Å². The number of benzene rings is 2. The van der Waals surface area contributed by atoms with Crippen molar-refractivity contribution in [2.24, 2.45) is 0 Å². The highest BCUT2D eigenvalue weighted by atomic mass is 32.2. The molecule has 0 saturated carbocycles. The molecule has 2 heterocycles. The largest absolute Gasteiger partial charge is 0.345 e. The minimum Gasteiger partial charge on any atom is -0.345 e. The molecule has 0 aromatic heterocycles. The van der Waals surface area contributed by atoms with E-state index < -0.39 is 21.8 Å². The molecule has 182 valence electrons. The zero-order valence-corrected chi connectivity index (χ0v) is 20.1. The molecule has 0 unspecified atom stereocenters. The molecule has 0 bridgehead atoms. The quantitative estimate of drug-likeness (QED) is 0.614. The molecule has 34 heavy (non-hydrogen) atoms. The third kappa shape index (κ3) is 6.22. The molecule has 2 saturated heterocycles. The minimum absolute atomic E-state index is 0.0395. The molecule has 2 aliphatic heterocycles.